The fourth-order valence-corrected chi connectivity index (χ4v) is 2.80. The van der Waals surface area contributed by atoms with Gasteiger partial charge in [-0.25, -0.2) is 0 Å². The quantitative estimate of drug-likeness (QED) is 0.789. The molecule has 0 radical (unpaired) electrons. The van der Waals surface area contributed by atoms with Gasteiger partial charge in [0.2, 0.25) is 0 Å². The zero-order valence-electron chi connectivity index (χ0n) is 10.9. The zero-order chi connectivity index (χ0) is 13.1. The van der Waals surface area contributed by atoms with Crippen molar-refractivity contribution >= 4 is 17.5 Å². The van der Waals surface area contributed by atoms with Crippen molar-refractivity contribution in [2.24, 2.45) is 5.92 Å². The first-order valence-corrected chi connectivity index (χ1v) is 6.94. The van der Waals surface area contributed by atoms with Gasteiger partial charge in [-0.05, 0) is 44.7 Å². The largest absolute Gasteiger partial charge is 0.338 e. The molecule has 98 valence electrons. The summed E-state index contributed by atoms with van der Waals surface area (Å²) < 4.78 is 0. The van der Waals surface area contributed by atoms with E-state index in [2.05, 4.69) is 4.98 Å². The molecule has 3 nitrogen and oxygen atoms in total. The van der Waals surface area contributed by atoms with Crippen LogP contribution in [0.1, 0.15) is 34.6 Å². The number of aryl methyl sites for hydroxylation is 2. The van der Waals surface area contributed by atoms with Gasteiger partial charge >= 0.3 is 0 Å². The first-order chi connectivity index (χ1) is 8.61. The van der Waals surface area contributed by atoms with E-state index < -0.39 is 0 Å². The van der Waals surface area contributed by atoms with Crippen LogP contribution < -0.4 is 0 Å². The Balaban J connectivity index is 2.08. The van der Waals surface area contributed by atoms with Gasteiger partial charge in [0.25, 0.3) is 5.91 Å². The summed E-state index contributed by atoms with van der Waals surface area (Å²) in [6.07, 6.45) is 2.06. The Morgan fingerprint density at radius 2 is 2.28 bits per heavy atom. The third-order valence-corrected chi connectivity index (χ3v) is 3.76. The van der Waals surface area contributed by atoms with Gasteiger partial charge in [-0.2, -0.15) is 0 Å². The van der Waals surface area contributed by atoms with E-state index in [0.29, 0.717) is 11.8 Å². The normalized spacial score (nSPS) is 19.3. The Morgan fingerprint density at radius 3 is 2.94 bits per heavy atom. The summed E-state index contributed by atoms with van der Waals surface area (Å²) >= 11 is 5.76. The second-order valence-corrected chi connectivity index (χ2v) is 5.35. The number of carbonyl (C=O) groups is 1. The van der Waals surface area contributed by atoms with E-state index in [1.165, 1.54) is 0 Å². The molecule has 0 spiro atoms. The summed E-state index contributed by atoms with van der Waals surface area (Å²) in [7, 11) is 0. The monoisotopic (exact) mass is 266 g/mol. The fourth-order valence-electron chi connectivity index (χ4n) is 2.49. The molecule has 2 rings (SSSR count). The third kappa shape index (κ3) is 2.83. The van der Waals surface area contributed by atoms with Gasteiger partial charge in [0, 0.05) is 24.7 Å². The van der Waals surface area contributed by atoms with Gasteiger partial charge in [0.15, 0.2) is 0 Å². The van der Waals surface area contributed by atoms with E-state index in [1.54, 1.807) is 0 Å². The van der Waals surface area contributed by atoms with Crippen LogP contribution in [-0.2, 0) is 0 Å². The number of rotatable bonds is 3. The molecule has 4 heteroatoms. The second kappa shape index (κ2) is 5.70. The zero-order valence-corrected chi connectivity index (χ0v) is 11.7. The van der Waals surface area contributed by atoms with Crippen molar-refractivity contribution in [3.63, 3.8) is 0 Å². The molecule has 2 heterocycles. The Kier molecular flexibility index (Phi) is 4.23. The van der Waals surface area contributed by atoms with Gasteiger partial charge in [-0.1, -0.05) is 0 Å². The summed E-state index contributed by atoms with van der Waals surface area (Å²) in [5.74, 6) is 1.35. The molecule has 1 aromatic heterocycles. The van der Waals surface area contributed by atoms with Crippen LogP contribution in [0.3, 0.4) is 0 Å². The molecule has 0 N–H and O–H groups in total. The molecule has 0 saturated carbocycles. The molecule has 1 aliphatic heterocycles. The maximum absolute atomic E-state index is 12.4. The van der Waals surface area contributed by atoms with Crippen LogP contribution in [0.4, 0.5) is 0 Å². The van der Waals surface area contributed by atoms with Crippen LogP contribution >= 0.6 is 11.6 Å². The lowest BCUT2D eigenvalue weighted by atomic mass is 10.1. The molecule has 0 aromatic carbocycles. The average molecular weight is 267 g/mol. The highest BCUT2D eigenvalue weighted by Gasteiger charge is 2.27. The topological polar surface area (TPSA) is 33.2 Å². The number of hydrogen-bond donors (Lipinski definition) is 0. The molecule has 1 unspecified atom stereocenters. The minimum Gasteiger partial charge on any atom is -0.338 e. The van der Waals surface area contributed by atoms with Gasteiger partial charge in [0.1, 0.15) is 0 Å². The van der Waals surface area contributed by atoms with E-state index in [9.17, 15) is 4.79 Å². The van der Waals surface area contributed by atoms with Gasteiger partial charge < -0.3 is 4.90 Å². The van der Waals surface area contributed by atoms with Crippen LogP contribution in [0.15, 0.2) is 12.1 Å². The number of hydrogen-bond acceptors (Lipinski definition) is 2. The van der Waals surface area contributed by atoms with E-state index in [4.69, 9.17) is 11.6 Å². The smallest absolute Gasteiger partial charge is 0.255 e. The maximum Gasteiger partial charge on any atom is 0.255 e. The lowest BCUT2D eigenvalue weighted by Crippen LogP contribution is -2.29. The maximum atomic E-state index is 12.4. The van der Waals surface area contributed by atoms with Crippen LogP contribution in [0.2, 0.25) is 0 Å². The van der Waals surface area contributed by atoms with Crippen molar-refractivity contribution in [2.45, 2.75) is 26.7 Å². The molecule has 0 aliphatic carbocycles. The number of amides is 1. The van der Waals surface area contributed by atoms with Gasteiger partial charge in [0.05, 0.1) is 11.3 Å². The highest BCUT2D eigenvalue weighted by molar-refractivity contribution is 6.17. The lowest BCUT2D eigenvalue weighted by molar-refractivity contribution is 0.0785. The molecule has 1 aliphatic rings. The highest BCUT2D eigenvalue weighted by Crippen LogP contribution is 2.22. The molecule has 1 aromatic rings. The first-order valence-electron chi connectivity index (χ1n) is 6.41. The van der Waals surface area contributed by atoms with E-state index >= 15 is 0 Å². The van der Waals surface area contributed by atoms with Gasteiger partial charge in [-0.15, -0.1) is 11.6 Å². The van der Waals surface area contributed by atoms with Crippen molar-refractivity contribution in [3.8, 4) is 0 Å². The lowest BCUT2D eigenvalue weighted by Gasteiger charge is -2.17. The van der Waals surface area contributed by atoms with Crippen LogP contribution in [0.25, 0.3) is 0 Å². The summed E-state index contributed by atoms with van der Waals surface area (Å²) in [4.78, 5) is 18.7. The van der Waals surface area contributed by atoms with Crippen molar-refractivity contribution in [2.75, 3.05) is 19.0 Å². The summed E-state index contributed by atoms with van der Waals surface area (Å²) in [6, 6.07) is 3.78. The van der Waals surface area contributed by atoms with E-state index in [1.807, 2.05) is 30.9 Å². The Bertz CT molecular complexity index is 447. The Labute approximate surface area is 113 Å². The minimum absolute atomic E-state index is 0.108. The average Bonchev–Trinajstić information content (AvgIpc) is 2.77. The summed E-state index contributed by atoms with van der Waals surface area (Å²) in [5, 5.41) is 0. The molecular weight excluding hydrogens is 248 g/mol. The first kappa shape index (κ1) is 13.3. The van der Waals surface area contributed by atoms with Gasteiger partial charge in [-0.3, -0.25) is 9.78 Å². The molecule has 1 atom stereocenters. The molecule has 0 bridgehead atoms. The molecule has 1 amide bonds. The molecule has 18 heavy (non-hydrogen) atoms. The number of pyridine rings is 1. The SMILES string of the molecule is Cc1ccc(C(=O)N2CCC(CCCl)C2)c(C)n1. The number of likely N-dealkylation sites (tertiary alicyclic amines) is 1. The van der Waals surface area contributed by atoms with Crippen LogP contribution in [0.5, 0.6) is 0 Å². The predicted octanol–water partition coefficient (Wildman–Crippen LogP) is 2.79. The van der Waals surface area contributed by atoms with Crippen molar-refractivity contribution in [3.05, 3.63) is 29.1 Å². The Hall–Kier alpha value is -1.09. The van der Waals surface area contributed by atoms with Crippen molar-refractivity contribution < 1.29 is 4.79 Å². The highest BCUT2D eigenvalue weighted by atomic mass is 35.5. The number of carbonyl (C=O) groups excluding carboxylic acids is 1. The standard InChI is InChI=1S/C14H19ClN2O/c1-10-3-4-13(11(2)16-10)14(18)17-8-6-12(9-17)5-7-15/h3-4,12H,5-9H2,1-2H3. The van der Waals surface area contributed by atoms with Crippen molar-refractivity contribution in [1.29, 1.82) is 0 Å². The third-order valence-electron chi connectivity index (χ3n) is 3.55. The summed E-state index contributed by atoms with van der Waals surface area (Å²) in [5.41, 5.74) is 2.50. The van der Waals surface area contributed by atoms with E-state index in [0.717, 1.165) is 42.9 Å². The number of nitrogens with zero attached hydrogens (tertiary/aromatic N) is 2. The number of alkyl halides is 1. The minimum atomic E-state index is 0.108. The number of aromatic nitrogens is 1. The summed E-state index contributed by atoms with van der Waals surface area (Å²) in [6.45, 7) is 5.51. The second-order valence-electron chi connectivity index (χ2n) is 4.97. The number of halogens is 1. The fraction of sp³-hybridized carbons (Fsp3) is 0.571. The van der Waals surface area contributed by atoms with Crippen molar-refractivity contribution in [1.82, 2.24) is 9.88 Å². The molecule has 1 saturated heterocycles. The van der Waals surface area contributed by atoms with Crippen LogP contribution in [0, 0.1) is 19.8 Å². The van der Waals surface area contributed by atoms with Crippen LogP contribution in [-0.4, -0.2) is 34.8 Å². The predicted molar refractivity (Wildman–Crippen MR) is 73.1 cm³/mol. The van der Waals surface area contributed by atoms with E-state index in [-0.39, 0.29) is 5.91 Å². The molecule has 1 fully saturated rings. The molecular formula is C14H19ClN2O. The Morgan fingerprint density at radius 1 is 1.50 bits per heavy atom.